The molecule has 1 aromatic rings. The van der Waals surface area contributed by atoms with Gasteiger partial charge in [0.1, 0.15) is 11.5 Å². The van der Waals surface area contributed by atoms with Gasteiger partial charge in [-0.25, -0.2) is 0 Å². The zero-order valence-electron chi connectivity index (χ0n) is 12.7. The van der Waals surface area contributed by atoms with Crippen LogP contribution in [0.1, 0.15) is 55.2 Å². The first-order chi connectivity index (χ1) is 10.0. The van der Waals surface area contributed by atoms with Crippen LogP contribution in [-0.2, 0) is 4.79 Å². The molecule has 2 saturated carbocycles. The van der Waals surface area contributed by atoms with Crippen LogP contribution in [0.25, 0.3) is 6.08 Å². The molecule has 110 valence electrons. The molecule has 0 unspecified atom stereocenters. The minimum atomic E-state index is -0.0895. The molecule has 0 heterocycles. The Labute approximate surface area is 125 Å². The van der Waals surface area contributed by atoms with E-state index in [-0.39, 0.29) is 5.41 Å². The molecular formula is C19H22O2. The summed E-state index contributed by atoms with van der Waals surface area (Å²) >= 11 is 0. The Morgan fingerprint density at radius 3 is 2.90 bits per heavy atom. The van der Waals surface area contributed by atoms with Gasteiger partial charge in [0.2, 0.25) is 0 Å². The Morgan fingerprint density at radius 2 is 2.10 bits per heavy atom. The van der Waals surface area contributed by atoms with Gasteiger partial charge in [0, 0.05) is 11.8 Å². The number of phenolic OH excluding ortho intramolecular Hbond substituents is 1. The smallest absolute Gasteiger partial charge is 0.139 e. The molecule has 4 rings (SSSR count). The van der Waals surface area contributed by atoms with Crippen LogP contribution in [0.5, 0.6) is 5.75 Å². The highest BCUT2D eigenvalue weighted by Crippen LogP contribution is 2.59. The van der Waals surface area contributed by atoms with Crippen molar-refractivity contribution in [2.75, 3.05) is 0 Å². The van der Waals surface area contributed by atoms with E-state index in [4.69, 9.17) is 0 Å². The summed E-state index contributed by atoms with van der Waals surface area (Å²) in [5.74, 6) is 2.35. The Bertz CT molecular complexity index is 658. The summed E-state index contributed by atoms with van der Waals surface area (Å²) in [6.07, 6.45) is 8.40. The van der Waals surface area contributed by atoms with Crippen molar-refractivity contribution in [1.29, 1.82) is 0 Å². The van der Waals surface area contributed by atoms with Crippen LogP contribution < -0.4 is 0 Å². The van der Waals surface area contributed by atoms with Gasteiger partial charge in [-0.2, -0.15) is 0 Å². The maximum absolute atomic E-state index is 12.3. The molecule has 0 radical (unpaired) electrons. The number of benzene rings is 1. The second-order valence-electron chi connectivity index (χ2n) is 7.33. The number of Topliss-reactive ketones (excluding diaryl/α,β-unsaturated/α-hetero) is 1. The minimum absolute atomic E-state index is 0.0895. The molecule has 0 spiro atoms. The average molecular weight is 282 g/mol. The third-order valence-corrected chi connectivity index (χ3v) is 6.31. The predicted molar refractivity (Wildman–Crippen MR) is 83.2 cm³/mol. The summed E-state index contributed by atoms with van der Waals surface area (Å²) in [7, 11) is 0. The van der Waals surface area contributed by atoms with Crippen LogP contribution >= 0.6 is 0 Å². The van der Waals surface area contributed by atoms with Gasteiger partial charge in [-0.15, -0.1) is 0 Å². The summed E-state index contributed by atoms with van der Waals surface area (Å²) < 4.78 is 0. The first-order valence-corrected chi connectivity index (χ1v) is 8.06. The van der Waals surface area contributed by atoms with E-state index >= 15 is 0 Å². The fourth-order valence-corrected chi connectivity index (χ4v) is 5.24. The second kappa shape index (κ2) is 4.22. The first-order valence-electron chi connectivity index (χ1n) is 8.06. The number of allylic oxidation sites excluding steroid dienone is 1. The molecule has 0 aromatic heterocycles. The van der Waals surface area contributed by atoms with Gasteiger partial charge in [-0.3, -0.25) is 4.79 Å². The highest BCUT2D eigenvalue weighted by Gasteiger charge is 2.53. The molecule has 0 amide bonds. The molecule has 0 saturated heterocycles. The van der Waals surface area contributed by atoms with E-state index < -0.39 is 0 Å². The fraction of sp³-hybridized carbons (Fsp3) is 0.526. The van der Waals surface area contributed by atoms with Crippen molar-refractivity contribution in [1.82, 2.24) is 0 Å². The largest absolute Gasteiger partial charge is 0.508 e. The molecule has 3 aliphatic carbocycles. The van der Waals surface area contributed by atoms with Crippen LogP contribution in [0.15, 0.2) is 18.2 Å². The van der Waals surface area contributed by atoms with Gasteiger partial charge in [-0.1, -0.05) is 19.1 Å². The van der Waals surface area contributed by atoms with E-state index in [1.807, 2.05) is 12.1 Å². The predicted octanol–water partition coefficient (Wildman–Crippen LogP) is 4.21. The Morgan fingerprint density at radius 1 is 1.29 bits per heavy atom. The molecule has 0 aliphatic heterocycles. The van der Waals surface area contributed by atoms with Gasteiger partial charge in [0.05, 0.1) is 0 Å². The molecule has 2 heteroatoms. The molecule has 1 N–H and O–H groups in total. The van der Waals surface area contributed by atoms with Crippen molar-refractivity contribution in [2.45, 2.75) is 45.4 Å². The van der Waals surface area contributed by atoms with Crippen LogP contribution in [0.3, 0.4) is 0 Å². The van der Waals surface area contributed by atoms with Crippen molar-refractivity contribution in [3.63, 3.8) is 0 Å². The second-order valence-corrected chi connectivity index (χ2v) is 7.33. The highest BCUT2D eigenvalue weighted by atomic mass is 16.3. The normalized spacial score (nSPS) is 37.0. The monoisotopic (exact) mass is 282 g/mol. The SMILES string of the molecule is Cc1cc(O)cc2c1[C@@H]1CC[C@@]3(C)C(=O)CC[C@@H]3[C@@H]1C=C2. The lowest BCUT2D eigenvalue weighted by molar-refractivity contribution is -0.128. The van der Waals surface area contributed by atoms with Crippen LogP contribution in [0, 0.1) is 24.2 Å². The van der Waals surface area contributed by atoms with Gasteiger partial charge in [0.25, 0.3) is 0 Å². The van der Waals surface area contributed by atoms with Gasteiger partial charge in [-0.05, 0) is 72.8 Å². The molecule has 3 aliphatic rings. The molecule has 2 nitrogen and oxygen atoms in total. The minimum Gasteiger partial charge on any atom is -0.508 e. The van der Waals surface area contributed by atoms with Crippen molar-refractivity contribution in [3.8, 4) is 5.75 Å². The summed E-state index contributed by atoms with van der Waals surface area (Å²) in [4.78, 5) is 12.3. The number of rotatable bonds is 0. The number of hydrogen-bond donors (Lipinski definition) is 1. The maximum atomic E-state index is 12.3. The van der Waals surface area contributed by atoms with Gasteiger partial charge < -0.3 is 5.11 Å². The van der Waals surface area contributed by atoms with Crippen molar-refractivity contribution in [2.24, 2.45) is 17.3 Å². The van der Waals surface area contributed by atoms with E-state index in [1.54, 1.807) is 0 Å². The van der Waals surface area contributed by atoms with E-state index in [2.05, 4.69) is 26.0 Å². The zero-order chi connectivity index (χ0) is 14.8. The Hall–Kier alpha value is -1.57. The zero-order valence-corrected chi connectivity index (χ0v) is 12.7. The number of carbonyl (C=O) groups excluding carboxylic acids is 1. The summed E-state index contributed by atoms with van der Waals surface area (Å²) in [5, 5.41) is 9.81. The van der Waals surface area contributed by atoms with E-state index in [1.165, 1.54) is 16.7 Å². The van der Waals surface area contributed by atoms with E-state index in [9.17, 15) is 9.90 Å². The molecule has 1 aromatic carbocycles. The summed E-state index contributed by atoms with van der Waals surface area (Å²) in [5.41, 5.74) is 3.68. The third kappa shape index (κ3) is 1.68. The van der Waals surface area contributed by atoms with Crippen molar-refractivity contribution >= 4 is 11.9 Å². The lowest BCUT2D eigenvalue weighted by atomic mass is 9.57. The average Bonchev–Trinajstić information content (AvgIpc) is 2.74. The first kappa shape index (κ1) is 13.1. The topological polar surface area (TPSA) is 37.3 Å². The number of carbonyl (C=O) groups is 1. The number of aromatic hydroxyl groups is 1. The van der Waals surface area contributed by atoms with Crippen molar-refractivity contribution in [3.05, 3.63) is 34.9 Å². The van der Waals surface area contributed by atoms with Crippen LogP contribution in [-0.4, -0.2) is 10.9 Å². The fourth-order valence-electron chi connectivity index (χ4n) is 5.24. The lowest BCUT2D eigenvalue weighted by Gasteiger charge is -2.46. The Balaban J connectivity index is 1.80. The van der Waals surface area contributed by atoms with Crippen molar-refractivity contribution < 1.29 is 9.90 Å². The summed E-state index contributed by atoms with van der Waals surface area (Å²) in [6, 6.07) is 3.76. The molecule has 2 fully saturated rings. The van der Waals surface area contributed by atoms with E-state index in [0.717, 1.165) is 25.7 Å². The number of fused-ring (bicyclic) bond motifs is 5. The van der Waals surface area contributed by atoms with Crippen LogP contribution in [0.4, 0.5) is 0 Å². The van der Waals surface area contributed by atoms with Crippen LogP contribution in [0.2, 0.25) is 0 Å². The quantitative estimate of drug-likeness (QED) is 0.774. The van der Waals surface area contributed by atoms with Gasteiger partial charge >= 0.3 is 0 Å². The number of aryl methyl sites for hydroxylation is 1. The highest BCUT2D eigenvalue weighted by molar-refractivity contribution is 5.87. The third-order valence-electron chi connectivity index (χ3n) is 6.31. The maximum Gasteiger partial charge on any atom is 0.139 e. The number of phenols is 1. The van der Waals surface area contributed by atoms with E-state index in [0.29, 0.717) is 29.3 Å². The molecule has 21 heavy (non-hydrogen) atoms. The number of ketones is 1. The number of hydrogen-bond acceptors (Lipinski definition) is 2. The summed E-state index contributed by atoms with van der Waals surface area (Å²) in [6.45, 7) is 4.29. The standard InChI is InChI=1S/C19H22O2/c1-11-9-13(20)10-12-3-4-14-15(18(11)12)7-8-19(2)16(14)5-6-17(19)21/h3-4,9-10,14-16,20H,5-8H2,1-2H3/t14-,15-,16-,19-/m1/s1. The Kier molecular flexibility index (Phi) is 2.64. The van der Waals surface area contributed by atoms with Gasteiger partial charge in [0.15, 0.2) is 0 Å². The molecular weight excluding hydrogens is 260 g/mol. The molecule has 4 atom stereocenters. The molecule has 0 bridgehead atoms. The lowest BCUT2D eigenvalue weighted by Crippen LogP contribution is -2.41.